The fourth-order valence-corrected chi connectivity index (χ4v) is 5.40. The summed E-state index contributed by atoms with van der Waals surface area (Å²) in [5.41, 5.74) is 7.07. The third kappa shape index (κ3) is 6.12. The molecular weight excluding hydrogens is 517 g/mol. The number of para-hydroxylation sites is 1. The van der Waals surface area contributed by atoms with Gasteiger partial charge in [-0.1, -0.05) is 24.6 Å². The van der Waals surface area contributed by atoms with E-state index in [-0.39, 0.29) is 17.5 Å². The summed E-state index contributed by atoms with van der Waals surface area (Å²) in [6.07, 6.45) is 9.15. The summed E-state index contributed by atoms with van der Waals surface area (Å²) >= 11 is 0. The molecule has 4 heterocycles. The van der Waals surface area contributed by atoms with Crippen LogP contribution in [0, 0.1) is 5.82 Å². The highest BCUT2D eigenvalue weighted by atomic mass is 19.1. The minimum absolute atomic E-state index is 0.0897. The second-order valence-corrected chi connectivity index (χ2v) is 10.6. The first-order valence-electron chi connectivity index (χ1n) is 14.0. The Morgan fingerprint density at radius 1 is 1.00 bits per heavy atom. The third-order valence-corrected chi connectivity index (χ3v) is 7.52. The number of fused-ring (bicyclic) bond motifs is 1. The molecule has 1 amide bonds. The summed E-state index contributed by atoms with van der Waals surface area (Å²) in [4.78, 5) is 24.8. The first kappa shape index (κ1) is 26.7. The van der Waals surface area contributed by atoms with Crippen molar-refractivity contribution in [3.8, 4) is 22.8 Å². The molecule has 4 aromatic rings. The van der Waals surface area contributed by atoms with E-state index >= 15 is 0 Å². The molecule has 6 rings (SSSR count). The Hall–Kier alpha value is -4.56. The van der Waals surface area contributed by atoms with Gasteiger partial charge in [0.1, 0.15) is 0 Å². The van der Waals surface area contributed by atoms with Crippen molar-refractivity contribution in [1.29, 1.82) is 0 Å². The smallest absolute Gasteiger partial charge is 0.256 e. The van der Waals surface area contributed by atoms with Gasteiger partial charge in [-0.25, -0.2) is 9.37 Å². The van der Waals surface area contributed by atoms with Gasteiger partial charge in [-0.2, -0.15) is 0 Å². The van der Waals surface area contributed by atoms with Crippen LogP contribution in [0.3, 0.4) is 0 Å². The second kappa shape index (κ2) is 11.9. The Morgan fingerprint density at radius 2 is 1.85 bits per heavy atom. The number of benzene rings is 2. The van der Waals surface area contributed by atoms with Crippen molar-refractivity contribution >= 4 is 22.9 Å². The van der Waals surface area contributed by atoms with Crippen LogP contribution >= 0.6 is 0 Å². The molecule has 2 aromatic carbocycles. The fraction of sp³-hybridized carbons (Fsp3) is 0.242. The molecule has 8 heteroatoms. The minimum Gasteiger partial charge on any atom is -0.436 e. The zero-order chi connectivity index (χ0) is 28.2. The number of hydrogen-bond acceptors (Lipinski definition) is 6. The van der Waals surface area contributed by atoms with Crippen LogP contribution in [0.2, 0.25) is 0 Å². The van der Waals surface area contributed by atoms with Crippen LogP contribution in [0.25, 0.3) is 16.7 Å². The molecule has 41 heavy (non-hydrogen) atoms. The van der Waals surface area contributed by atoms with Gasteiger partial charge in [-0.3, -0.25) is 14.7 Å². The molecule has 0 radical (unpaired) electrons. The topological polar surface area (TPSA) is 79.4 Å². The highest BCUT2D eigenvalue weighted by Gasteiger charge is 2.23. The van der Waals surface area contributed by atoms with E-state index < -0.39 is 5.82 Å². The van der Waals surface area contributed by atoms with Crippen molar-refractivity contribution in [1.82, 2.24) is 14.9 Å². The minimum atomic E-state index is -0.470. The first-order valence-corrected chi connectivity index (χ1v) is 14.0. The third-order valence-electron chi connectivity index (χ3n) is 7.52. The standard InChI is InChI=1S/C33H32FN5O2/c1-22-17-36-29-11-9-24(25-15-23(18-35-19-25)21-39-13-5-2-6-14-39)16-27(29)32(22)33(40)38-26-10-12-31(37-20-26)41-30-8-4-3-7-28(30)34/h3-4,7-12,15-16,18-20,36H,2,5-6,13-14,17,21H2,1H3,(H,38,40). The number of pyridine rings is 2. The molecule has 2 N–H and O–H groups in total. The number of anilines is 2. The average Bonchev–Trinajstić information content (AvgIpc) is 2.99. The summed E-state index contributed by atoms with van der Waals surface area (Å²) in [5.74, 6) is -0.366. The van der Waals surface area contributed by atoms with Gasteiger partial charge in [0.15, 0.2) is 11.6 Å². The number of likely N-dealkylation sites (tertiary alicyclic amines) is 1. The lowest BCUT2D eigenvalue weighted by molar-refractivity contribution is -0.111. The summed E-state index contributed by atoms with van der Waals surface area (Å²) in [5, 5.41) is 6.39. The van der Waals surface area contributed by atoms with Crippen molar-refractivity contribution in [2.75, 3.05) is 30.3 Å². The molecule has 208 valence electrons. The van der Waals surface area contributed by atoms with Gasteiger partial charge in [-0.15, -0.1) is 0 Å². The molecule has 0 spiro atoms. The molecule has 0 aliphatic carbocycles. The van der Waals surface area contributed by atoms with E-state index in [1.807, 2.05) is 25.4 Å². The van der Waals surface area contributed by atoms with Crippen molar-refractivity contribution in [3.63, 3.8) is 0 Å². The van der Waals surface area contributed by atoms with Crippen molar-refractivity contribution in [2.45, 2.75) is 32.7 Å². The number of aromatic nitrogens is 2. The summed E-state index contributed by atoms with van der Waals surface area (Å²) in [6.45, 7) is 5.71. The maximum atomic E-state index is 13.9. The number of carbonyl (C=O) groups is 1. The molecule has 0 saturated carbocycles. The van der Waals surface area contributed by atoms with Gasteiger partial charge >= 0.3 is 0 Å². The zero-order valence-corrected chi connectivity index (χ0v) is 23.0. The number of carbonyl (C=O) groups excluding carboxylic acids is 1. The SMILES string of the molecule is CC1=C(C(=O)Nc2ccc(Oc3ccccc3F)nc2)c2cc(-c3cncc(CN4CCCCC4)c3)ccc2NC1. The molecule has 0 atom stereocenters. The van der Waals surface area contributed by atoms with E-state index in [1.165, 1.54) is 43.2 Å². The van der Waals surface area contributed by atoms with Gasteiger partial charge in [-0.05, 0) is 86.0 Å². The van der Waals surface area contributed by atoms with E-state index in [0.29, 0.717) is 17.8 Å². The molecule has 2 aromatic heterocycles. The van der Waals surface area contributed by atoms with E-state index in [0.717, 1.165) is 47.6 Å². The number of hydrogen-bond donors (Lipinski definition) is 2. The number of rotatable bonds is 7. The number of nitrogens with zero attached hydrogens (tertiary/aromatic N) is 3. The largest absolute Gasteiger partial charge is 0.436 e. The number of piperidine rings is 1. The Morgan fingerprint density at radius 3 is 2.66 bits per heavy atom. The van der Waals surface area contributed by atoms with Gasteiger partial charge < -0.3 is 15.4 Å². The van der Waals surface area contributed by atoms with E-state index in [1.54, 1.807) is 24.3 Å². The Kier molecular flexibility index (Phi) is 7.73. The van der Waals surface area contributed by atoms with Crippen LogP contribution in [0.4, 0.5) is 15.8 Å². The predicted octanol–water partition coefficient (Wildman–Crippen LogP) is 6.90. The molecule has 0 unspecified atom stereocenters. The fourth-order valence-electron chi connectivity index (χ4n) is 5.40. The van der Waals surface area contributed by atoms with Crippen LogP contribution in [0.15, 0.2) is 84.8 Å². The Balaban J connectivity index is 1.20. The van der Waals surface area contributed by atoms with E-state index in [2.05, 4.69) is 43.7 Å². The Labute approximate surface area is 239 Å². The van der Waals surface area contributed by atoms with Gasteiger partial charge in [0, 0.05) is 53.9 Å². The summed E-state index contributed by atoms with van der Waals surface area (Å²) in [6, 6.07) is 17.8. The quantitative estimate of drug-likeness (QED) is 0.261. The van der Waals surface area contributed by atoms with Crippen LogP contribution in [0.5, 0.6) is 11.6 Å². The van der Waals surface area contributed by atoms with Crippen molar-refractivity contribution in [3.05, 3.63) is 102 Å². The molecule has 2 aliphatic rings. The number of halogens is 1. The van der Waals surface area contributed by atoms with E-state index in [9.17, 15) is 9.18 Å². The summed E-state index contributed by atoms with van der Waals surface area (Å²) < 4.78 is 19.4. The van der Waals surface area contributed by atoms with Crippen molar-refractivity contribution < 1.29 is 13.9 Å². The molecule has 0 bridgehead atoms. The highest BCUT2D eigenvalue weighted by Crippen LogP contribution is 2.35. The van der Waals surface area contributed by atoms with Crippen LogP contribution < -0.4 is 15.4 Å². The highest BCUT2D eigenvalue weighted by molar-refractivity contribution is 6.27. The number of nitrogens with one attached hydrogen (secondary N) is 2. The molecule has 2 aliphatic heterocycles. The first-order chi connectivity index (χ1) is 20.0. The summed E-state index contributed by atoms with van der Waals surface area (Å²) in [7, 11) is 0. The number of ether oxygens (including phenoxy) is 1. The number of amides is 1. The maximum absolute atomic E-state index is 13.9. The lowest BCUT2D eigenvalue weighted by Crippen LogP contribution is -2.29. The van der Waals surface area contributed by atoms with Gasteiger partial charge in [0.25, 0.3) is 5.91 Å². The zero-order valence-electron chi connectivity index (χ0n) is 23.0. The van der Waals surface area contributed by atoms with Crippen LogP contribution in [-0.2, 0) is 11.3 Å². The molecule has 1 fully saturated rings. The second-order valence-electron chi connectivity index (χ2n) is 10.6. The normalized spacial score (nSPS) is 15.2. The van der Waals surface area contributed by atoms with Crippen molar-refractivity contribution in [2.24, 2.45) is 0 Å². The molecule has 7 nitrogen and oxygen atoms in total. The molecular formula is C33H32FN5O2. The monoisotopic (exact) mass is 549 g/mol. The maximum Gasteiger partial charge on any atom is 0.256 e. The lowest BCUT2D eigenvalue weighted by Gasteiger charge is -2.26. The van der Waals surface area contributed by atoms with Crippen LogP contribution in [0.1, 0.15) is 37.3 Å². The Bertz CT molecular complexity index is 1600. The lowest BCUT2D eigenvalue weighted by atomic mass is 9.91. The molecule has 1 saturated heterocycles. The predicted molar refractivity (Wildman–Crippen MR) is 159 cm³/mol. The van der Waals surface area contributed by atoms with E-state index in [4.69, 9.17) is 4.74 Å². The average molecular weight is 550 g/mol. The van der Waals surface area contributed by atoms with Gasteiger partial charge in [0.05, 0.1) is 11.9 Å². The van der Waals surface area contributed by atoms with Gasteiger partial charge in [0.2, 0.25) is 5.88 Å². The van der Waals surface area contributed by atoms with Crippen LogP contribution in [-0.4, -0.2) is 40.4 Å².